The van der Waals surface area contributed by atoms with Gasteiger partial charge in [-0.3, -0.25) is 4.63 Å². The van der Waals surface area contributed by atoms with Crippen molar-refractivity contribution in [1.82, 2.24) is 5.16 Å². The monoisotopic (exact) mass is 241 g/mol. The fraction of sp³-hybridized carbons (Fsp3) is 0.0833. The van der Waals surface area contributed by atoms with Gasteiger partial charge in [0.05, 0.1) is 0 Å². The minimum absolute atomic E-state index is 0.0675. The molecule has 0 aliphatic heterocycles. The van der Waals surface area contributed by atoms with Crippen LogP contribution in [0.5, 0.6) is 5.75 Å². The highest BCUT2D eigenvalue weighted by atomic mass is 16.8. The molecule has 1 heterocycles. The van der Waals surface area contributed by atoms with Gasteiger partial charge in [-0.25, -0.2) is 0 Å². The van der Waals surface area contributed by atoms with E-state index in [1.165, 1.54) is 0 Å². The molecule has 1 aromatic carbocycles. The maximum absolute atomic E-state index is 11.1. The van der Waals surface area contributed by atoms with Crippen molar-refractivity contribution < 1.29 is 14.3 Å². The Morgan fingerprint density at radius 2 is 2.17 bits per heavy atom. The molecule has 0 aliphatic rings. The van der Waals surface area contributed by atoms with Crippen molar-refractivity contribution in [3.8, 4) is 35.4 Å². The number of hydrogen-bond donors (Lipinski definition) is 0. The first kappa shape index (κ1) is 11.5. The molecular formula is C12H7N3O3. The predicted molar refractivity (Wildman–Crippen MR) is 59.9 cm³/mol. The molecule has 88 valence electrons. The highest BCUT2D eigenvalue weighted by molar-refractivity contribution is 5.63. The van der Waals surface area contributed by atoms with Crippen molar-refractivity contribution in [3.63, 3.8) is 0 Å². The van der Waals surface area contributed by atoms with Gasteiger partial charge in [-0.2, -0.15) is 5.26 Å². The van der Waals surface area contributed by atoms with Crippen LogP contribution in [0.15, 0.2) is 28.9 Å². The van der Waals surface area contributed by atoms with Crippen LogP contribution < -0.4 is 9.64 Å². The Hall–Kier alpha value is -2.99. The van der Waals surface area contributed by atoms with Crippen LogP contribution in [0.1, 0.15) is 5.69 Å². The first-order valence-corrected chi connectivity index (χ1v) is 4.92. The van der Waals surface area contributed by atoms with E-state index >= 15 is 0 Å². The van der Waals surface area contributed by atoms with Gasteiger partial charge in [0.15, 0.2) is 6.07 Å². The molecule has 0 aliphatic carbocycles. The van der Waals surface area contributed by atoms with Crippen LogP contribution in [0, 0.1) is 28.9 Å². The van der Waals surface area contributed by atoms with Crippen molar-refractivity contribution >= 4 is 0 Å². The van der Waals surface area contributed by atoms with Crippen molar-refractivity contribution in [2.45, 2.75) is 0 Å². The van der Waals surface area contributed by atoms with Gasteiger partial charge in [-0.05, 0) is 29.2 Å². The third-order valence-electron chi connectivity index (χ3n) is 2.17. The number of nitriles is 1. The van der Waals surface area contributed by atoms with Gasteiger partial charge in [0, 0.05) is 10.7 Å². The number of aromatic nitrogens is 2. The minimum Gasteiger partial charge on any atom is -0.481 e. The van der Waals surface area contributed by atoms with Gasteiger partial charge in [-0.1, -0.05) is 5.92 Å². The quantitative estimate of drug-likeness (QED) is 0.587. The molecule has 0 unspecified atom stereocenters. The Morgan fingerprint density at radius 3 is 2.78 bits per heavy atom. The van der Waals surface area contributed by atoms with Crippen LogP contribution >= 0.6 is 0 Å². The summed E-state index contributed by atoms with van der Waals surface area (Å²) in [5.41, 5.74) is 0.584. The molecule has 0 bridgehead atoms. The molecule has 0 amide bonds. The first-order valence-electron chi connectivity index (χ1n) is 4.92. The Morgan fingerprint density at radius 1 is 1.44 bits per heavy atom. The van der Waals surface area contributed by atoms with Gasteiger partial charge >= 0.3 is 5.69 Å². The summed E-state index contributed by atoms with van der Waals surface area (Å²) in [7, 11) is 0. The third kappa shape index (κ3) is 2.08. The summed E-state index contributed by atoms with van der Waals surface area (Å²) in [6, 6.07) is 8.37. The number of nitrogens with zero attached hydrogens (tertiary/aromatic N) is 3. The van der Waals surface area contributed by atoms with E-state index < -0.39 is 0 Å². The van der Waals surface area contributed by atoms with E-state index in [0.717, 1.165) is 0 Å². The molecule has 2 aromatic rings. The van der Waals surface area contributed by atoms with Gasteiger partial charge in [0.1, 0.15) is 12.4 Å². The number of terminal acetylenes is 1. The summed E-state index contributed by atoms with van der Waals surface area (Å²) in [6.07, 6.45) is 5.07. The van der Waals surface area contributed by atoms with E-state index in [1.807, 2.05) is 0 Å². The fourth-order valence-electron chi connectivity index (χ4n) is 1.37. The summed E-state index contributed by atoms with van der Waals surface area (Å²) >= 11 is 0. The normalized spacial score (nSPS) is 9.44. The Labute approximate surface area is 103 Å². The van der Waals surface area contributed by atoms with E-state index in [0.29, 0.717) is 11.3 Å². The first-order chi connectivity index (χ1) is 8.76. The SMILES string of the molecule is C#CCOc1ccc(-c2no[n+]([O-])c2C#N)cc1. The molecular weight excluding hydrogens is 234 g/mol. The molecule has 18 heavy (non-hydrogen) atoms. The molecule has 0 saturated carbocycles. The van der Waals surface area contributed by atoms with Crippen LogP contribution in [-0.4, -0.2) is 11.8 Å². The summed E-state index contributed by atoms with van der Waals surface area (Å²) in [6.45, 7) is 0.174. The lowest BCUT2D eigenvalue weighted by molar-refractivity contribution is -0.804. The summed E-state index contributed by atoms with van der Waals surface area (Å²) in [4.78, 5) is 0.0675. The van der Waals surface area contributed by atoms with E-state index in [1.54, 1.807) is 30.3 Å². The zero-order chi connectivity index (χ0) is 13.0. The van der Waals surface area contributed by atoms with Crippen molar-refractivity contribution in [3.05, 3.63) is 35.2 Å². The standard InChI is InChI=1S/C12H7N3O3/c1-2-7-17-10-5-3-9(4-6-10)12-11(8-13)15(16)18-14-12/h1,3-6H,7H2. The number of ether oxygens (including phenoxy) is 1. The van der Waals surface area contributed by atoms with Crippen LogP contribution in [0.25, 0.3) is 11.3 Å². The van der Waals surface area contributed by atoms with Gasteiger partial charge in [-0.15, -0.1) is 6.42 Å². The zero-order valence-corrected chi connectivity index (χ0v) is 9.16. The van der Waals surface area contributed by atoms with E-state index in [9.17, 15) is 5.21 Å². The fourth-order valence-corrected chi connectivity index (χ4v) is 1.37. The van der Waals surface area contributed by atoms with Crippen LogP contribution in [0.4, 0.5) is 0 Å². The lowest BCUT2D eigenvalue weighted by atomic mass is 10.1. The zero-order valence-electron chi connectivity index (χ0n) is 9.16. The minimum atomic E-state index is -0.188. The molecule has 2 rings (SSSR count). The molecule has 0 fully saturated rings. The van der Waals surface area contributed by atoms with E-state index in [2.05, 4.69) is 15.7 Å². The van der Waals surface area contributed by atoms with Gasteiger partial charge < -0.3 is 9.94 Å². The summed E-state index contributed by atoms with van der Waals surface area (Å²) < 4.78 is 9.56. The van der Waals surface area contributed by atoms with Crippen LogP contribution in [0.2, 0.25) is 0 Å². The second-order valence-corrected chi connectivity index (χ2v) is 3.26. The average Bonchev–Trinajstić information content (AvgIpc) is 2.78. The number of rotatable bonds is 3. The molecule has 1 aromatic heterocycles. The van der Waals surface area contributed by atoms with E-state index in [4.69, 9.17) is 16.4 Å². The largest absolute Gasteiger partial charge is 0.481 e. The summed E-state index contributed by atoms with van der Waals surface area (Å²) in [5.74, 6) is 2.94. The van der Waals surface area contributed by atoms with Gasteiger partial charge in [0.2, 0.25) is 0 Å². The highest BCUT2D eigenvalue weighted by Gasteiger charge is 2.20. The predicted octanol–water partition coefficient (Wildman–Crippen LogP) is 0.859. The molecule has 6 nitrogen and oxygen atoms in total. The Kier molecular flexibility index (Phi) is 3.13. The molecule has 0 spiro atoms. The van der Waals surface area contributed by atoms with E-state index in [-0.39, 0.29) is 22.9 Å². The lowest BCUT2D eigenvalue weighted by Gasteiger charge is -2.01. The topological polar surface area (TPSA) is 86.0 Å². The molecule has 0 N–H and O–H groups in total. The summed E-state index contributed by atoms with van der Waals surface area (Å²) in [5, 5.41) is 23.4. The van der Waals surface area contributed by atoms with Crippen LogP contribution in [-0.2, 0) is 0 Å². The van der Waals surface area contributed by atoms with Crippen molar-refractivity contribution in [1.29, 1.82) is 5.26 Å². The molecule has 6 heteroatoms. The van der Waals surface area contributed by atoms with Crippen molar-refractivity contribution in [2.24, 2.45) is 0 Å². The Balaban J connectivity index is 2.30. The smallest absolute Gasteiger partial charge is 0.302 e. The number of hydrogen-bond acceptors (Lipinski definition) is 5. The second-order valence-electron chi connectivity index (χ2n) is 3.26. The highest BCUT2D eigenvalue weighted by Crippen LogP contribution is 2.22. The van der Waals surface area contributed by atoms with Gasteiger partial charge in [0.25, 0.3) is 5.69 Å². The van der Waals surface area contributed by atoms with Crippen molar-refractivity contribution in [2.75, 3.05) is 6.61 Å². The third-order valence-corrected chi connectivity index (χ3v) is 2.17. The maximum Gasteiger partial charge on any atom is 0.302 e. The Bertz CT molecular complexity index is 632. The molecule has 0 saturated heterocycles. The average molecular weight is 241 g/mol. The maximum atomic E-state index is 11.1. The lowest BCUT2D eigenvalue weighted by Crippen LogP contribution is -2.26. The number of benzene rings is 1. The van der Waals surface area contributed by atoms with Crippen LogP contribution in [0.3, 0.4) is 0 Å². The second kappa shape index (κ2) is 4.89. The molecule has 0 atom stereocenters. The molecule has 0 radical (unpaired) electrons.